The van der Waals surface area contributed by atoms with E-state index in [1.54, 1.807) is 0 Å². The number of halogens is 6. The largest absolute Gasteiger partial charge is 0.505 e. The second-order valence-corrected chi connectivity index (χ2v) is 6.58. The van der Waals surface area contributed by atoms with Gasteiger partial charge in [0, 0.05) is 18.7 Å². The second-order valence-electron chi connectivity index (χ2n) is 5.86. The van der Waals surface area contributed by atoms with E-state index in [2.05, 4.69) is 19.9 Å². The zero-order valence-electron chi connectivity index (χ0n) is 14.0. The van der Waals surface area contributed by atoms with Gasteiger partial charge in [0.25, 0.3) is 0 Å². The van der Waals surface area contributed by atoms with Crippen LogP contribution in [0.2, 0.25) is 10.3 Å². The van der Waals surface area contributed by atoms with Crippen molar-refractivity contribution in [3.05, 3.63) is 69.5 Å². The number of fused-ring (bicyclic) bond motifs is 1. The molecule has 0 fully saturated rings. The lowest BCUT2D eigenvalue weighted by molar-refractivity contribution is 0.425. The highest BCUT2D eigenvalue weighted by Gasteiger charge is 2.19. The zero-order chi connectivity index (χ0) is 20.9. The van der Waals surface area contributed by atoms with Gasteiger partial charge in [-0.15, -0.1) is 0 Å². The monoisotopic (exact) mass is 443 g/mol. The van der Waals surface area contributed by atoms with Crippen molar-refractivity contribution in [2.75, 3.05) is 0 Å². The molecular weight excluding hydrogens is 437 g/mol. The first-order valence-electron chi connectivity index (χ1n) is 7.83. The van der Waals surface area contributed by atoms with Crippen molar-refractivity contribution >= 4 is 28.8 Å². The van der Waals surface area contributed by atoms with Gasteiger partial charge in [-0.3, -0.25) is 4.40 Å². The minimum absolute atomic E-state index is 0.0263. The summed E-state index contributed by atoms with van der Waals surface area (Å²) >= 11 is 11.3. The third-order valence-corrected chi connectivity index (χ3v) is 4.49. The molecule has 0 bridgehead atoms. The van der Waals surface area contributed by atoms with Crippen LogP contribution in [0.4, 0.5) is 17.6 Å². The molecule has 0 amide bonds. The second kappa shape index (κ2) is 7.12. The summed E-state index contributed by atoms with van der Waals surface area (Å²) in [4.78, 5) is 15.5. The summed E-state index contributed by atoms with van der Waals surface area (Å²) in [6, 6.07) is 1.40. The van der Waals surface area contributed by atoms with Crippen molar-refractivity contribution in [2.24, 2.45) is 0 Å². The van der Waals surface area contributed by atoms with E-state index < -0.39 is 39.5 Å². The molecule has 0 aliphatic carbocycles. The molecule has 3 heterocycles. The van der Waals surface area contributed by atoms with Crippen molar-refractivity contribution in [3.63, 3.8) is 0 Å². The quantitative estimate of drug-likeness (QED) is 0.376. The number of benzene rings is 1. The fourth-order valence-electron chi connectivity index (χ4n) is 2.65. The van der Waals surface area contributed by atoms with Gasteiger partial charge < -0.3 is 5.11 Å². The smallest absolute Gasteiger partial charge is 0.218 e. The fourth-order valence-corrected chi connectivity index (χ4v) is 3.04. The van der Waals surface area contributed by atoms with Crippen LogP contribution in [0.25, 0.3) is 17.2 Å². The predicted octanol–water partition coefficient (Wildman–Crippen LogP) is 4.35. The summed E-state index contributed by atoms with van der Waals surface area (Å²) in [6.45, 7) is 0. The molecule has 0 aliphatic rings. The number of aromatic hydroxyl groups is 1. The Morgan fingerprint density at radius 3 is 2.34 bits per heavy atom. The van der Waals surface area contributed by atoms with Crippen LogP contribution in [0.3, 0.4) is 0 Å². The van der Waals surface area contributed by atoms with Crippen LogP contribution in [0, 0.1) is 23.4 Å². The van der Waals surface area contributed by atoms with Crippen molar-refractivity contribution in [3.8, 4) is 17.3 Å². The van der Waals surface area contributed by atoms with Crippen LogP contribution in [0.1, 0.15) is 11.3 Å². The number of hydrogen-bond donors (Lipinski definition) is 1. The van der Waals surface area contributed by atoms with Crippen LogP contribution >= 0.6 is 23.2 Å². The first-order chi connectivity index (χ1) is 13.7. The first-order valence-corrected chi connectivity index (χ1v) is 8.58. The number of phenolic OH excluding ortho intramolecular Hbond substituents is 1. The Bertz CT molecular complexity index is 1260. The topological polar surface area (TPSA) is 76.2 Å². The Hall–Kier alpha value is -2.98. The fraction of sp³-hybridized carbons (Fsp3) is 0.0588. The van der Waals surface area contributed by atoms with E-state index in [1.807, 2.05) is 0 Å². The summed E-state index contributed by atoms with van der Waals surface area (Å²) in [5, 5.41) is 8.13. The van der Waals surface area contributed by atoms with E-state index in [9.17, 15) is 22.7 Å². The Morgan fingerprint density at radius 2 is 1.66 bits per heavy atom. The Morgan fingerprint density at radius 1 is 0.966 bits per heavy atom. The lowest BCUT2D eigenvalue weighted by Gasteiger charge is -2.09. The Balaban J connectivity index is 1.90. The average Bonchev–Trinajstić information content (AvgIpc) is 3.05. The average molecular weight is 444 g/mol. The minimum atomic E-state index is -1.04. The number of nitrogens with zero attached hydrogens (tertiary/aromatic N) is 5. The molecule has 0 atom stereocenters. The van der Waals surface area contributed by atoms with Gasteiger partial charge in [-0.2, -0.15) is 4.39 Å². The van der Waals surface area contributed by atoms with E-state index >= 15 is 0 Å². The van der Waals surface area contributed by atoms with E-state index in [0.29, 0.717) is 6.07 Å². The van der Waals surface area contributed by atoms with Gasteiger partial charge in [-0.05, 0) is 11.6 Å². The van der Waals surface area contributed by atoms with Crippen molar-refractivity contribution < 1.29 is 22.7 Å². The zero-order valence-corrected chi connectivity index (χ0v) is 15.5. The van der Waals surface area contributed by atoms with E-state index in [4.69, 9.17) is 23.2 Å². The Labute approximate surface area is 169 Å². The highest BCUT2D eigenvalue weighted by molar-refractivity contribution is 6.33. The third kappa shape index (κ3) is 3.45. The number of imidazole rings is 1. The van der Waals surface area contributed by atoms with E-state index in [-0.39, 0.29) is 34.8 Å². The van der Waals surface area contributed by atoms with Gasteiger partial charge in [0.2, 0.25) is 5.95 Å². The van der Waals surface area contributed by atoms with Crippen molar-refractivity contribution in [2.45, 2.75) is 6.42 Å². The molecule has 1 N–H and O–H groups in total. The van der Waals surface area contributed by atoms with Crippen LogP contribution in [0.5, 0.6) is 5.75 Å². The molecule has 0 unspecified atom stereocenters. The molecule has 6 nitrogen and oxygen atoms in total. The molecular formula is C17H7Cl2F4N5O. The molecule has 4 aromatic rings. The SMILES string of the molecule is Oc1cc(F)c(Cc2nc(-c3nc(Cl)c(F)c(Cl)n3)cn3c(F)cnc23)cc1F. The maximum atomic E-state index is 14.1. The molecule has 1 aromatic carbocycles. The third-order valence-electron chi connectivity index (χ3n) is 3.99. The van der Waals surface area contributed by atoms with Gasteiger partial charge in [0.05, 0.1) is 11.9 Å². The molecule has 0 saturated carbocycles. The maximum absolute atomic E-state index is 14.1. The van der Waals surface area contributed by atoms with Gasteiger partial charge in [0.15, 0.2) is 39.2 Å². The van der Waals surface area contributed by atoms with Gasteiger partial charge >= 0.3 is 0 Å². The summed E-state index contributed by atoms with van der Waals surface area (Å²) in [7, 11) is 0. The molecule has 0 spiro atoms. The minimum Gasteiger partial charge on any atom is -0.505 e. The molecule has 148 valence electrons. The van der Waals surface area contributed by atoms with Crippen LogP contribution in [-0.4, -0.2) is 29.4 Å². The molecule has 4 rings (SSSR count). The van der Waals surface area contributed by atoms with Crippen LogP contribution in [0.15, 0.2) is 24.5 Å². The predicted molar refractivity (Wildman–Crippen MR) is 94.8 cm³/mol. The van der Waals surface area contributed by atoms with Crippen molar-refractivity contribution in [1.29, 1.82) is 0 Å². The van der Waals surface area contributed by atoms with Crippen LogP contribution < -0.4 is 0 Å². The van der Waals surface area contributed by atoms with Gasteiger partial charge in [0.1, 0.15) is 11.5 Å². The molecule has 0 aliphatic heterocycles. The highest BCUT2D eigenvalue weighted by atomic mass is 35.5. The van der Waals surface area contributed by atoms with Gasteiger partial charge in [-0.1, -0.05) is 23.2 Å². The standard InChI is InChI=1S/C17H7Cl2F4N5O/c18-14-13(23)15(19)27-16(26-14)10-5-28-12(22)4-24-17(28)9(25-10)2-6-1-8(21)11(29)3-7(6)20/h1,3-5,29H,2H2. The Kier molecular flexibility index (Phi) is 4.75. The molecule has 3 aromatic heterocycles. The molecule has 29 heavy (non-hydrogen) atoms. The lowest BCUT2D eigenvalue weighted by atomic mass is 10.1. The number of hydrogen-bond acceptors (Lipinski definition) is 5. The van der Waals surface area contributed by atoms with Gasteiger partial charge in [-0.25, -0.2) is 33.1 Å². The maximum Gasteiger partial charge on any atom is 0.218 e. The van der Waals surface area contributed by atoms with E-state index in [1.165, 1.54) is 6.20 Å². The number of phenols is 1. The molecule has 12 heteroatoms. The highest BCUT2D eigenvalue weighted by Crippen LogP contribution is 2.27. The first kappa shape index (κ1) is 19.3. The number of rotatable bonds is 3. The number of aromatic nitrogens is 5. The summed E-state index contributed by atoms with van der Waals surface area (Å²) < 4.78 is 56.5. The van der Waals surface area contributed by atoms with Crippen LogP contribution in [-0.2, 0) is 6.42 Å². The van der Waals surface area contributed by atoms with E-state index in [0.717, 1.165) is 16.7 Å². The summed E-state index contributed by atoms with van der Waals surface area (Å²) in [6.07, 6.45) is 1.78. The summed E-state index contributed by atoms with van der Waals surface area (Å²) in [5.74, 6) is -4.81. The molecule has 0 radical (unpaired) electrons. The lowest BCUT2D eigenvalue weighted by Crippen LogP contribution is -2.05. The summed E-state index contributed by atoms with van der Waals surface area (Å²) in [5.41, 5.74) is -0.159. The van der Waals surface area contributed by atoms with Crippen molar-refractivity contribution in [1.82, 2.24) is 24.3 Å². The molecule has 0 saturated heterocycles. The normalized spacial score (nSPS) is 11.4.